The van der Waals surface area contributed by atoms with Crippen LogP contribution < -0.4 is 10.1 Å². The summed E-state index contributed by atoms with van der Waals surface area (Å²) in [6.45, 7) is 2.67. The summed E-state index contributed by atoms with van der Waals surface area (Å²) in [6.07, 6.45) is 1.72. The number of aryl methyl sites for hydroxylation is 1. The van der Waals surface area contributed by atoms with Gasteiger partial charge in [-0.05, 0) is 43.3 Å². The highest BCUT2D eigenvalue weighted by molar-refractivity contribution is 6.32. The van der Waals surface area contributed by atoms with E-state index in [2.05, 4.69) is 10.3 Å². The van der Waals surface area contributed by atoms with Crippen molar-refractivity contribution in [3.8, 4) is 11.6 Å². The lowest BCUT2D eigenvalue weighted by Crippen LogP contribution is -2.05. The second-order valence-corrected chi connectivity index (χ2v) is 5.01. The molecular formula is C14H14Cl2N2O. The smallest absolute Gasteiger partial charge is 0.238 e. The molecule has 0 unspecified atom stereocenters. The largest absolute Gasteiger partial charge is 0.436 e. The molecule has 0 aliphatic carbocycles. The van der Waals surface area contributed by atoms with Crippen LogP contribution in [0.1, 0.15) is 11.1 Å². The van der Waals surface area contributed by atoms with E-state index in [4.69, 9.17) is 27.9 Å². The van der Waals surface area contributed by atoms with Crippen LogP contribution in [-0.2, 0) is 6.54 Å². The Bertz CT molecular complexity index is 588. The summed E-state index contributed by atoms with van der Waals surface area (Å²) in [6, 6.07) is 7.38. The van der Waals surface area contributed by atoms with Gasteiger partial charge in [0.15, 0.2) is 0 Å². The molecule has 0 radical (unpaired) electrons. The van der Waals surface area contributed by atoms with Crippen LogP contribution in [0.25, 0.3) is 0 Å². The van der Waals surface area contributed by atoms with Crippen LogP contribution in [0.5, 0.6) is 11.6 Å². The highest BCUT2D eigenvalue weighted by atomic mass is 35.5. The predicted octanol–water partition coefficient (Wildman–Crippen LogP) is 4.21. The Kier molecular flexibility index (Phi) is 4.64. The van der Waals surface area contributed by atoms with Gasteiger partial charge in [0.05, 0.1) is 5.02 Å². The fourth-order valence-corrected chi connectivity index (χ4v) is 2.13. The molecule has 0 saturated heterocycles. The molecule has 2 rings (SSSR count). The van der Waals surface area contributed by atoms with Crippen molar-refractivity contribution in [2.24, 2.45) is 0 Å². The van der Waals surface area contributed by atoms with Gasteiger partial charge in [-0.1, -0.05) is 29.3 Å². The first-order valence-electron chi connectivity index (χ1n) is 5.83. The van der Waals surface area contributed by atoms with Gasteiger partial charge in [-0.3, -0.25) is 0 Å². The minimum atomic E-state index is 0.354. The molecule has 19 heavy (non-hydrogen) atoms. The maximum Gasteiger partial charge on any atom is 0.238 e. The molecule has 0 atom stereocenters. The van der Waals surface area contributed by atoms with E-state index in [9.17, 15) is 0 Å². The van der Waals surface area contributed by atoms with E-state index in [1.807, 2.05) is 32.2 Å². The van der Waals surface area contributed by atoms with E-state index in [0.29, 0.717) is 28.2 Å². The molecule has 0 aliphatic heterocycles. The van der Waals surface area contributed by atoms with Crippen LogP contribution in [0.4, 0.5) is 0 Å². The summed E-state index contributed by atoms with van der Waals surface area (Å²) in [5.41, 5.74) is 2.07. The molecule has 0 fully saturated rings. The quantitative estimate of drug-likeness (QED) is 0.918. The highest BCUT2D eigenvalue weighted by Crippen LogP contribution is 2.32. The normalized spacial score (nSPS) is 10.5. The molecular weight excluding hydrogens is 283 g/mol. The molecule has 1 aromatic carbocycles. The monoisotopic (exact) mass is 296 g/mol. The Morgan fingerprint density at radius 3 is 2.63 bits per heavy atom. The van der Waals surface area contributed by atoms with E-state index in [1.165, 1.54) is 0 Å². The molecule has 5 heteroatoms. The fourth-order valence-electron chi connectivity index (χ4n) is 1.63. The zero-order valence-electron chi connectivity index (χ0n) is 10.7. The number of benzene rings is 1. The topological polar surface area (TPSA) is 34.2 Å². The van der Waals surface area contributed by atoms with Crippen molar-refractivity contribution in [3.63, 3.8) is 0 Å². The molecule has 0 bridgehead atoms. The molecule has 1 N–H and O–H groups in total. The minimum Gasteiger partial charge on any atom is -0.436 e. The van der Waals surface area contributed by atoms with Gasteiger partial charge in [0.2, 0.25) is 5.88 Å². The predicted molar refractivity (Wildman–Crippen MR) is 78.3 cm³/mol. The van der Waals surface area contributed by atoms with Gasteiger partial charge in [-0.15, -0.1) is 0 Å². The molecule has 0 saturated carbocycles. The Morgan fingerprint density at radius 1 is 1.21 bits per heavy atom. The van der Waals surface area contributed by atoms with Gasteiger partial charge in [0.25, 0.3) is 0 Å². The SMILES string of the molecule is CNCc1cnc(Oc2ccc(C)cc2Cl)c(Cl)c1. The van der Waals surface area contributed by atoms with Crippen LogP contribution in [0.3, 0.4) is 0 Å². The van der Waals surface area contributed by atoms with Gasteiger partial charge in [0, 0.05) is 12.7 Å². The second kappa shape index (κ2) is 6.24. The van der Waals surface area contributed by atoms with Crippen molar-refractivity contribution in [1.82, 2.24) is 10.3 Å². The first kappa shape index (κ1) is 14.1. The molecule has 100 valence electrons. The minimum absolute atomic E-state index is 0.354. The summed E-state index contributed by atoms with van der Waals surface area (Å²) < 4.78 is 5.63. The number of rotatable bonds is 4. The number of hydrogen-bond donors (Lipinski definition) is 1. The Balaban J connectivity index is 2.23. The van der Waals surface area contributed by atoms with E-state index in [0.717, 1.165) is 11.1 Å². The lowest BCUT2D eigenvalue weighted by Gasteiger charge is -2.09. The van der Waals surface area contributed by atoms with Gasteiger partial charge in [0.1, 0.15) is 10.8 Å². The number of hydrogen-bond acceptors (Lipinski definition) is 3. The summed E-state index contributed by atoms with van der Waals surface area (Å²) in [7, 11) is 1.87. The molecule has 1 heterocycles. The van der Waals surface area contributed by atoms with Crippen LogP contribution in [0.2, 0.25) is 10.0 Å². The number of nitrogens with one attached hydrogen (secondary N) is 1. The standard InChI is InChI=1S/C14H14Cl2N2O/c1-9-3-4-13(11(15)5-9)19-14-12(16)6-10(7-17-2)8-18-14/h3-6,8,17H,7H2,1-2H3. The molecule has 1 aromatic heterocycles. The Morgan fingerprint density at radius 2 is 2.00 bits per heavy atom. The fraction of sp³-hybridized carbons (Fsp3) is 0.214. The third kappa shape index (κ3) is 3.60. The van der Waals surface area contributed by atoms with E-state index >= 15 is 0 Å². The molecule has 0 spiro atoms. The van der Waals surface area contributed by atoms with Gasteiger partial charge >= 0.3 is 0 Å². The number of nitrogens with zero attached hydrogens (tertiary/aromatic N) is 1. The van der Waals surface area contributed by atoms with Crippen molar-refractivity contribution in [1.29, 1.82) is 0 Å². The van der Waals surface area contributed by atoms with Crippen LogP contribution >= 0.6 is 23.2 Å². The molecule has 0 aliphatic rings. The maximum atomic E-state index is 6.14. The highest BCUT2D eigenvalue weighted by Gasteiger charge is 2.09. The first-order chi connectivity index (χ1) is 9.10. The number of halogens is 2. The molecule has 0 amide bonds. The van der Waals surface area contributed by atoms with Gasteiger partial charge in [-0.25, -0.2) is 4.98 Å². The summed E-state index contributed by atoms with van der Waals surface area (Å²) >= 11 is 12.2. The lowest BCUT2D eigenvalue weighted by atomic mass is 10.2. The van der Waals surface area contributed by atoms with Crippen LogP contribution in [0.15, 0.2) is 30.5 Å². The molecule has 3 nitrogen and oxygen atoms in total. The lowest BCUT2D eigenvalue weighted by molar-refractivity contribution is 0.463. The third-order valence-corrected chi connectivity index (χ3v) is 3.11. The second-order valence-electron chi connectivity index (χ2n) is 4.20. The summed E-state index contributed by atoms with van der Waals surface area (Å²) in [5, 5.41) is 4.04. The van der Waals surface area contributed by atoms with Crippen molar-refractivity contribution >= 4 is 23.2 Å². The summed E-state index contributed by atoms with van der Waals surface area (Å²) in [4.78, 5) is 4.20. The van der Waals surface area contributed by atoms with Gasteiger partial charge < -0.3 is 10.1 Å². The van der Waals surface area contributed by atoms with E-state index in [1.54, 1.807) is 12.3 Å². The van der Waals surface area contributed by atoms with Crippen molar-refractivity contribution in [2.45, 2.75) is 13.5 Å². The van der Waals surface area contributed by atoms with Gasteiger partial charge in [-0.2, -0.15) is 0 Å². The summed E-state index contributed by atoms with van der Waals surface area (Å²) in [5.74, 6) is 0.898. The maximum absolute atomic E-state index is 6.14. The number of ether oxygens (including phenoxy) is 1. The third-order valence-electron chi connectivity index (χ3n) is 2.54. The van der Waals surface area contributed by atoms with Crippen molar-refractivity contribution in [3.05, 3.63) is 51.6 Å². The zero-order valence-corrected chi connectivity index (χ0v) is 12.2. The van der Waals surface area contributed by atoms with Crippen molar-refractivity contribution in [2.75, 3.05) is 7.05 Å². The van der Waals surface area contributed by atoms with Crippen LogP contribution in [0, 0.1) is 6.92 Å². The molecule has 2 aromatic rings. The average molecular weight is 297 g/mol. The number of pyridine rings is 1. The van der Waals surface area contributed by atoms with E-state index < -0.39 is 0 Å². The van der Waals surface area contributed by atoms with E-state index in [-0.39, 0.29) is 0 Å². The Hall–Kier alpha value is -1.29. The average Bonchev–Trinajstić information content (AvgIpc) is 2.36. The first-order valence-corrected chi connectivity index (χ1v) is 6.59. The van der Waals surface area contributed by atoms with Crippen molar-refractivity contribution < 1.29 is 4.74 Å². The van der Waals surface area contributed by atoms with Crippen LogP contribution in [-0.4, -0.2) is 12.0 Å². The zero-order chi connectivity index (χ0) is 13.8. The Labute approximate surface area is 122 Å². The number of aromatic nitrogens is 1.